The summed E-state index contributed by atoms with van der Waals surface area (Å²) in [6, 6.07) is -1.48. The lowest BCUT2D eigenvalue weighted by atomic mass is 10.1. The highest BCUT2D eigenvalue weighted by Crippen LogP contribution is 2.10. The van der Waals surface area contributed by atoms with Crippen LogP contribution in [0.4, 0.5) is 4.79 Å². The van der Waals surface area contributed by atoms with Crippen molar-refractivity contribution in [2.75, 3.05) is 19.7 Å². The van der Waals surface area contributed by atoms with Gasteiger partial charge < -0.3 is 25.7 Å². The smallest absolute Gasteiger partial charge is 0.326 e. The summed E-state index contributed by atoms with van der Waals surface area (Å²) in [5, 5.41) is 22.8. The Kier molecular flexibility index (Phi) is 6.23. The summed E-state index contributed by atoms with van der Waals surface area (Å²) in [4.78, 5) is 35.2. The highest BCUT2D eigenvalue weighted by Gasteiger charge is 2.26. The van der Waals surface area contributed by atoms with Gasteiger partial charge in [-0.25, -0.2) is 9.59 Å². The summed E-state index contributed by atoms with van der Waals surface area (Å²) in [5.41, 5.74) is 0. The zero-order chi connectivity index (χ0) is 15.1. The first-order valence-corrected chi connectivity index (χ1v) is 6.60. The number of aliphatic carboxylic acids is 1. The topological polar surface area (TPSA) is 119 Å². The highest BCUT2D eigenvalue weighted by molar-refractivity contribution is 5.82. The normalized spacial score (nSPS) is 17.4. The van der Waals surface area contributed by atoms with Crippen molar-refractivity contribution in [1.29, 1.82) is 0 Å². The molecule has 1 rings (SSSR count). The van der Waals surface area contributed by atoms with E-state index < -0.39 is 18.0 Å². The number of hydrogen-bond donors (Lipinski definition) is 4. The van der Waals surface area contributed by atoms with Crippen LogP contribution in [0.1, 0.15) is 26.2 Å². The summed E-state index contributed by atoms with van der Waals surface area (Å²) in [6.07, 6.45) is 1.26. The molecule has 0 aromatic heterocycles. The number of rotatable bonds is 5. The Bertz CT molecular complexity index is 366. The first-order valence-electron chi connectivity index (χ1n) is 6.60. The van der Waals surface area contributed by atoms with Crippen LogP contribution < -0.4 is 10.6 Å². The first-order chi connectivity index (χ1) is 9.43. The molecular formula is C12H21N3O5. The van der Waals surface area contributed by atoms with E-state index in [2.05, 4.69) is 10.6 Å². The van der Waals surface area contributed by atoms with E-state index in [0.29, 0.717) is 25.9 Å². The number of likely N-dealkylation sites (tertiary alicyclic amines) is 1. The number of hydrogen-bond acceptors (Lipinski definition) is 4. The lowest BCUT2D eigenvalue weighted by Crippen LogP contribution is -2.52. The molecule has 0 bridgehead atoms. The number of aliphatic hydroxyl groups excluding tert-OH is 1. The van der Waals surface area contributed by atoms with Crippen molar-refractivity contribution in [3.05, 3.63) is 0 Å². The number of piperidine rings is 1. The van der Waals surface area contributed by atoms with Crippen LogP contribution in [0, 0.1) is 0 Å². The number of aliphatic hydroxyl groups is 1. The fourth-order valence-corrected chi connectivity index (χ4v) is 2.14. The second-order valence-corrected chi connectivity index (χ2v) is 4.81. The van der Waals surface area contributed by atoms with Crippen molar-refractivity contribution in [1.82, 2.24) is 15.5 Å². The van der Waals surface area contributed by atoms with E-state index in [4.69, 9.17) is 10.2 Å². The van der Waals surface area contributed by atoms with Crippen molar-refractivity contribution >= 4 is 17.9 Å². The average molecular weight is 287 g/mol. The standard InChI is InChI=1S/C12H21N3O5/c1-8(17)13-9-2-5-15(6-3-9)12(20)14-10(4-7-16)11(18)19/h9-10,16H,2-7H2,1H3,(H,13,17)(H,14,20)(H,18,19). The number of nitrogens with one attached hydrogen (secondary N) is 2. The maximum Gasteiger partial charge on any atom is 0.326 e. The van der Waals surface area contributed by atoms with E-state index in [0.717, 1.165) is 0 Å². The number of nitrogens with zero attached hydrogens (tertiary/aromatic N) is 1. The first kappa shape index (κ1) is 16.2. The van der Waals surface area contributed by atoms with E-state index in [1.54, 1.807) is 0 Å². The molecule has 0 saturated carbocycles. The zero-order valence-electron chi connectivity index (χ0n) is 11.5. The van der Waals surface area contributed by atoms with Crippen LogP contribution in [0.5, 0.6) is 0 Å². The van der Waals surface area contributed by atoms with Gasteiger partial charge in [0.15, 0.2) is 0 Å². The van der Waals surface area contributed by atoms with E-state index in [-0.39, 0.29) is 25.0 Å². The monoisotopic (exact) mass is 287 g/mol. The molecule has 1 aliphatic rings. The van der Waals surface area contributed by atoms with Crippen LogP contribution >= 0.6 is 0 Å². The predicted octanol–water partition coefficient (Wildman–Crippen LogP) is -0.868. The SMILES string of the molecule is CC(=O)NC1CCN(C(=O)NC(CCO)C(=O)O)CC1. The number of amides is 3. The minimum atomic E-state index is -1.17. The van der Waals surface area contributed by atoms with Crippen molar-refractivity contribution in [3.8, 4) is 0 Å². The Morgan fingerprint density at radius 3 is 2.35 bits per heavy atom. The molecule has 114 valence electrons. The van der Waals surface area contributed by atoms with Gasteiger partial charge in [0.1, 0.15) is 6.04 Å². The number of carbonyl (C=O) groups is 3. The molecule has 20 heavy (non-hydrogen) atoms. The average Bonchev–Trinajstić information content (AvgIpc) is 2.38. The van der Waals surface area contributed by atoms with Gasteiger partial charge in [0.05, 0.1) is 0 Å². The Labute approximate surface area is 117 Å². The molecule has 1 heterocycles. The molecule has 1 atom stereocenters. The van der Waals surface area contributed by atoms with Gasteiger partial charge in [-0.1, -0.05) is 0 Å². The van der Waals surface area contributed by atoms with Crippen LogP contribution in [0.3, 0.4) is 0 Å². The maximum absolute atomic E-state index is 11.9. The molecule has 0 aromatic rings. The van der Waals surface area contributed by atoms with Gasteiger partial charge in [0.2, 0.25) is 5.91 Å². The molecule has 0 radical (unpaired) electrons. The van der Waals surface area contributed by atoms with Gasteiger partial charge >= 0.3 is 12.0 Å². The molecule has 8 heteroatoms. The third kappa shape index (κ3) is 5.04. The van der Waals surface area contributed by atoms with Crippen LogP contribution in [0.2, 0.25) is 0 Å². The molecule has 0 aliphatic carbocycles. The van der Waals surface area contributed by atoms with Gasteiger partial charge in [-0.05, 0) is 12.8 Å². The summed E-state index contributed by atoms with van der Waals surface area (Å²) in [6.45, 7) is 2.07. The summed E-state index contributed by atoms with van der Waals surface area (Å²) >= 11 is 0. The fourth-order valence-electron chi connectivity index (χ4n) is 2.14. The van der Waals surface area contributed by atoms with Gasteiger partial charge in [-0.3, -0.25) is 4.79 Å². The maximum atomic E-state index is 11.9. The highest BCUT2D eigenvalue weighted by atomic mass is 16.4. The molecule has 8 nitrogen and oxygen atoms in total. The molecule has 1 unspecified atom stereocenters. The molecule has 1 saturated heterocycles. The Morgan fingerprint density at radius 2 is 1.90 bits per heavy atom. The Morgan fingerprint density at radius 1 is 1.30 bits per heavy atom. The number of urea groups is 1. The van der Waals surface area contributed by atoms with Crippen LogP contribution in [0.25, 0.3) is 0 Å². The van der Waals surface area contributed by atoms with E-state index in [1.165, 1.54) is 11.8 Å². The molecule has 4 N–H and O–H groups in total. The Balaban J connectivity index is 2.42. The van der Waals surface area contributed by atoms with Crippen LogP contribution in [-0.4, -0.2) is 64.8 Å². The second kappa shape index (κ2) is 7.68. The summed E-state index contributed by atoms with van der Waals surface area (Å²) < 4.78 is 0. The molecule has 0 aromatic carbocycles. The molecule has 3 amide bonds. The van der Waals surface area contributed by atoms with Gasteiger partial charge in [-0.2, -0.15) is 0 Å². The fraction of sp³-hybridized carbons (Fsp3) is 0.750. The zero-order valence-corrected chi connectivity index (χ0v) is 11.5. The number of carboxylic acids is 1. The minimum Gasteiger partial charge on any atom is -0.480 e. The van der Waals surface area contributed by atoms with Gasteiger partial charge in [0, 0.05) is 39.1 Å². The molecule has 1 aliphatic heterocycles. The van der Waals surface area contributed by atoms with Crippen molar-refractivity contribution in [3.63, 3.8) is 0 Å². The quantitative estimate of drug-likeness (QED) is 0.524. The third-order valence-corrected chi connectivity index (χ3v) is 3.20. The third-order valence-electron chi connectivity index (χ3n) is 3.20. The van der Waals surface area contributed by atoms with Crippen molar-refractivity contribution in [2.24, 2.45) is 0 Å². The summed E-state index contributed by atoms with van der Waals surface area (Å²) in [7, 11) is 0. The number of carboxylic acid groups (broad SMARTS) is 1. The van der Waals surface area contributed by atoms with Crippen LogP contribution in [-0.2, 0) is 9.59 Å². The van der Waals surface area contributed by atoms with E-state index in [1.807, 2.05) is 0 Å². The van der Waals surface area contributed by atoms with Crippen LogP contribution in [0.15, 0.2) is 0 Å². The molecular weight excluding hydrogens is 266 g/mol. The van der Waals surface area contributed by atoms with Crippen molar-refractivity contribution < 1.29 is 24.6 Å². The van der Waals surface area contributed by atoms with Crippen molar-refractivity contribution in [2.45, 2.75) is 38.3 Å². The van der Waals surface area contributed by atoms with Gasteiger partial charge in [0.25, 0.3) is 0 Å². The lowest BCUT2D eigenvalue weighted by molar-refractivity contribution is -0.139. The second-order valence-electron chi connectivity index (χ2n) is 4.81. The largest absolute Gasteiger partial charge is 0.480 e. The minimum absolute atomic E-state index is 0.0244. The Hall–Kier alpha value is -1.83. The molecule has 1 fully saturated rings. The lowest BCUT2D eigenvalue weighted by Gasteiger charge is -2.32. The van der Waals surface area contributed by atoms with Gasteiger partial charge in [-0.15, -0.1) is 0 Å². The predicted molar refractivity (Wildman–Crippen MR) is 70.1 cm³/mol. The van der Waals surface area contributed by atoms with E-state index >= 15 is 0 Å². The van der Waals surface area contributed by atoms with E-state index in [9.17, 15) is 14.4 Å². The number of carbonyl (C=O) groups excluding carboxylic acids is 2. The summed E-state index contributed by atoms with van der Waals surface area (Å²) in [5.74, 6) is -1.26. The molecule has 0 spiro atoms.